The van der Waals surface area contributed by atoms with E-state index in [1.54, 1.807) is 6.92 Å². The molecular weight excluding hydrogens is 244 g/mol. The standard InChI is InChI=1S/C9H8N4O5/c1-5-3-12(10-8(5)13(16)17)4-6-2-7(9(14)15)11-18-6/h2-3H,4H2,1H3,(H,14,15). The maximum Gasteiger partial charge on any atom is 0.392 e. The van der Waals surface area contributed by atoms with Gasteiger partial charge in [0.2, 0.25) is 0 Å². The molecule has 0 aliphatic rings. The van der Waals surface area contributed by atoms with Crippen LogP contribution in [0.3, 0.4) is 0 Å². The van der Waals surface area contributed by atoms with Crippen LogP contribution >= 0.6 is 0 Å². The number of carboxylic acid groups (broad SMARTS) is 1. The first-order valence-corrected chi connectivity index (χ1v) is 4.84. The van der Waals surface area contributed by atoms with E-state index in [1.165, 1.54) is 16.9 Å². The molecule has 94 valence electrons. The van der Waals surface area contributed by atoms with Crippen LogP contribution < -0.4 is 0 Å². The van der Waals surface area contributed by atoms with Crippen molar-refractivity contribution in [2.45, 2.75) is 13.5 Å². The van der Waals surface area contributed by atoms with Crippen LogP contribution in [0.4, 0.5) is 5.82 Å². The molecule has 2 heterocycles. The molecule has 0 saturated heterocycles. The van der Waals surface area contributed by atoms with Crippen LogP contribution in [0.1, 0.15) is 21.8 Å². The summed E-state index contributed by atoms with van der Waals surface area (Å²) < 4.78 is 6.07. The van der Waals surface area contributed by atoms with E-state index in [1.807, 2.05) is 0 Å². The Balaban J connectivity index is 2.20. The van der Waals surface area contributed by atoms with Gasteiger partial charge in [-0.3, -0.25) is 0 Å². The maximum absolute atomic E-state index is 10.6. The molecule has 0 spiro atoms. The Hall–Kier alpha value is -2.71. The number of hydrogen-bond donors (Lipinski definition) is 1. The van der Waals surface area contributed by atoms with E-state index in [4.69, 9.17) is 9.63 Å². The smallest absolute Gasteiger partial charge is 0.392 e. The van der Waals surface area contributed by atoms with Gasteiger partial charge in [0, 0.05) is 6.07 Å². The number of nitrogens with zero attached hydrogens (tertiary/aromatic N) is 4. The first kappa shape index (κ1) is 11.8. The predicted octanol–water partition coefficient (Wildman–Crippen LogP) is 0.834. The molecule has 9 nitrogen and oxygen atoms in total. The quantitative estimate of drug-likeness (QED) is 0.631. The minimum absolute atomic E-state index is 0.0783. The van der Waals surface area contributed by atoms with Gasteiger partial charge in [0.05, 0.1) is 16.9 Å². The van der Waals surface area contributed by atoms with Gasteiger partial charge in [0.15, 0.2) is 11.5 Å². The lowest BCUT2D eigenvalue weighted by Crippen LogP contribution is -2.00. The largest absolute Gasteiger partial charge is 0.476 e. The molecule has 18 heavy (non-hydrogen) atoms. The minimum Gasteiger partial charge on any atom is -0.476 e. The van der Waals surface area contributed by atoms with Crippen molar-refractivity contribution in [3.63, 3.8) is 0 Å². The van der Waals surface area contributed by atoms with Crippen molar-refractivity contribution >= 4 is 11.8 Å². The zero-order valence-electron chi connectivity index (χ0n) is 9.23. The fourth-order valence-corrected chi connectivity index (χ4v) is 1.42. The van der Waals surface area contributed by atoms with Gasteiger partial charge in [-0.25, -0.2) is 4.79 Å². The zero-order valence-corrected chi connectivity index (χ0v) is 9.23. The van der Waals surface area contributed by atoms with Crippen molar-refractivity contribution in [2.24, 2.45) is 0 Å². The monoisotopic (exact) mass is 252 g/mol. The number of carbonyl (C=O) groups is 1. The highest BCUT2D eigenvalue weighted by Gasteiger charge is 2.19. The normalized spacial score (nSPS) is 10.5. The molecule has 0 aliphatic carbocycles. The first-order chi connectivity index (χ1) is 8.47. The van der Waals surface area contributed by atoms with E-state index in [2.05, 4.69) is 10.3 Å². The first-order valence-electron chi connectivity index (χ1n) is 4.84. The summed E-state index contributed by atoms with van der Waals surface area (Å²) >= 11 is 0. The molecule has 2 aromatic heterocycles. The van der Waals surface area contributed by atoms with Gasteiger partial charge in [-0.2, -0.15) is 4.68 Å². The molecule has 0 atom stereocenters. The third-order valence-corrected chi connectivity index (χ3v) is 2.19. The Morgan fingerprint density at radius 1 is 1.67 bits per heavy atom. The SMILES string of the molecule is Cc1cn(Cc2cc(C(=O)O)no2)nc1[N+](=O)[O-]. The Morgan fingerprint density at radius 3 is 2.89 bits per heavy atom. The number of hydrogen-bond acceptors (Lipinski definition) is 6. The minimum atomic E-state index is -1.20. The lowest BCUT2D eigenvalue weighted by Gasteiger charge is -1.89. The molecule has 0 unspecified atom stereocenters. The number of aromatic carboxylic acids is 1. The fraction of sp³-hybridized carbons (Fsp3) is 0.222. The zero-order chi connectivity index (χ0) is 13.3. The number of aromatic nitrogens is 3. The van der Waals surface area contributed by atoms with Gasteiger partial charge in [-0.15, -0.1) is 0 Å². The molecule has 0 radical (unpaired) electrons. The summed E-state index contributed by atoms with van der Waals surface area (Å²) in [6.07, 6.45) is 1.47. The second-order valence-electron chi connectivity index (χ2n) is 3.57. The third kappa shape index (κ3) is 2.19. The summed E-state index contributed by atoms with van der Waals surface area (Å²) in [5.74, 6) is -1.19. The van der Waals surface area contributed by atoms with Crippen molar-refractivity contribution in [1.29, 1.82) is 0 Å². The Labute approximate surface area is 99.8 Å². The number of nitro groups is 1. The van der Waals surface area contributed by atoms with Crippen LogP contribution in [-0.4, -0.2) is 30.9 Å². The number of rotatable bonds is 4. The van der Waals surface area contributed by atoms with Crippen LogP contribution in [0.15, 0.2) is 16.8 Å². The van der Waals surface area contributed by atoms with Gasteiger partial charge in [-0.1, -0.05) is 5.16 Å². The maximum atomic E-state index is 10.6. The summed E-state index contributed by atoms with van der Waals surface area (Å²) in [4.78, 5) is 20.6. The Kier molecular flexibility index (Phi) is 2.80. The molecule has 2 aromatic rings. The van der Waals surface area contributed by atoms with E-state index >= 15 is 0 Å². The third-order valence-electron chi connectivity index (χ3n) is 2.19. The second kappa shape index (κ2) is 4.28. The molecule has 0 aliphatic heterocycles. The van der Waals surface area contributed by atoms with E-state index < -0.39 is 10.9 Å². The molecule has 0 bridgehead atoms. The van der Waals surface area contributed by atoms with E-state index in [0.29, 0.717) is 5.56 Å². The van der Waals surface area contributed by atoms with E-state index in [0.717, 1.165) is 0 Å². The van der Waals surface area contributed by atoms with E-state index in [9.17, 15) is 14.9 Å². The van der Waals surface area contributed by atoms with Crippen molar-refractivity contribution in [1.82, 2.24) is 14.9 Å². The summed E-state index contributed by atoms with van der Waals surface area (Å²) in [6.45, 7) is 1.64. The summed E-state index contributed by atoms with van der Waals surface area (Å²) in [5, 5.41) is 26.3. The molecule has 0 fully saturated rings. The topological polar surface area (TPSA) is 124 Å². The highest BCUT2D eigenvalue weighted by Crippen LogP contribution is 2.15. The molecule has 0 amide bonds. The average Bonchev–Trinajstić information content (AvgIpc) is 2.86. The lowest BCUT2D eigenvalue weighted by atomic mass is 10.3. The molecule has 9 heteroatoms. The Bertz CT molecular complexity index is 614. The summed E-state index contributed by atoms with van der Waals surface area (Å²) in [6, 6.07) is 1.24. The summed E-state index contributed by atoms with van der Waals surface area (Å²) in [7, 11) is 0. The van der Waals surface area contributed by atoms with Gasteiger partial charge in [0.25, 0.3) is 0 Å². The van der Waals surface area contributed by atoms with E-state index in [-0.39, 0.29) is 23.8 Å². The molecule has 0 saturated carbocycles. The molecular formula is C9H8N4O5. The van der Waals surface area contributed by atoms with Gasteiger partial charge >= 0.3 is 11.8 Å². The molecule has 1 N–H and O–H groups in total. The Morgan fingerprint density at radius 2 is 2.39 bits per heavy atom. The lowest BCUT2D eigenvalue weighted by molar-refractivity contribution is -0.390. The van der Waals surface area contributed by atoms with Gasteiger partial charge in [0.1, 0.15) is 6.54 Å². The van der Waals surface area contributed by atoms with Crippen LogP contribution in [-0.2, 0) is 6.54 Å². The molecule has 2 rings (SSSR count). The summed E-state index contributed by atoms with van der Waals surface area (Å²) in [5.41, 5.74) is 0.196. The van der Waals surface area contributed by atoms with Gasteiger partial charge < -0.3 is 19.7 Å². The number of aryl methyl sites for hydroxylation is 1. The van der Waals surface area contributed by atoms with Gasteiger partial charge in [-0.05, 0) is 11.8 Å². The van der Waals surface area contributed by atoms with Crippen molar-refractivity contribution in [2.75, 3.05) is 0 Å². The average molecular weight is 252 g/mol. The predicted molar refractivity (Wildman–Crippen MR) is 56.2 cm³/mol. The molecule has 0 aromatic carbocycles. The second-order valence-corrected chi connectivity index (χ2v) is 3.57. The number of carboxylic acids is 1. The fourth-order valence-electron chi connectivity index (χ4n) is 1.42. The van der Waals surface area contributed by atoms with Crippen LogP contribution in [0, 0.1) is 17.0 Å². The van der Waals surface area contributed by atoms with Crippen LogP contribution in [0.25, 0.3) is 0 Å². The van der Waals surface area contributed by atoms with Crippen molar-refractivity contribution in [3.05, 3.63) is 39.4 Å². The highest BCUT2D eigenvalue weighted by molar-refractivity contribution is 5.85. The van der Waals surface area contributed by atoms with Crippen LogP contribution in [0.5, 0.6) is 0 Å². The highest BCUT2D eigenvalue weighted by atomic mass is 16.6. The van der Waals surface area contributed by atoms with Crippen molar-refractivity contribution < 1.29 is 19.3 Å². The van der Waals surface area contributed by atoms with Crippen LogP contribution in [0.2, 0.25) is 0 Å². The van der Waals surface area contributed by atoms with Crippen molar-refractivity contribution in [3.8, 4) is 0 Å².